The number of hydrogen-bond acceptors (Lipinski definition) is 14. The van der Waals surface area contributed by atoms with E-state index in [0.717, 1.165) is 33.4 Å². The number of aromatic amines is 2. The van der Waals surface area contributed by atoms with Crippen molar-refractivity contribution in [2.24, 2.45) is 11.8 Å². The normalized spacial score (nSPS) is 32.0. The van der Waals surface area contributed by atoms with Gasteiger partial charge in [-0.2, -0.15) is 0 Å². The first-order valence-corrected chi connectivity index (χ1v) is 20.2. The van der Waals surface area contributed by atoms with Crippen LogP contribution in [-0.2, 0) is 19.2 Å². The molecule has 0 aromatic carbocycles. The zero-order valence-electron chi connectivity index (χ0n) is 26.2. The number of rotatable bonds is 0. The summed E-state index contributed by atoms with van der Waals surface area (Å²) in [6, 6.07) is 0. The fourth-order valence-corrected chi connectivity index (χ4v) is 13.5. The Balaban J connectivity index is 1.20. The van der Waals surface area contributed by atoms with E-state index in [0.29, 0.717) is 57.0 Å². The Bertz CT molecular complexity index is 2810. The van der Waals surface area contributed by atoms with Crippen LogP contribution in [0.3, 0.4) is 0 Å². The molecule has 8 atom stereocenters. The maximum Gasteiger partial charge on any atom is 0.201 e. The Kier molecular flexibility index (Phi) is 5.37. The first-order valence-electron chi connectivity index (χ1n) is 16.7. The highest BCUT2D eigenvalue weighted by Gasteiger charge is 2.48. The predicted molar refractivity (Wildman–Crippen MR) is 198 cm³/mol. The molecule has 14 aliphatic rings. The van der Waals surface area contributed by atoms with Gasteiger partial charge in [0.15, 0.2) is 23.3 Å². The van der Waals surface area contributed by atoms with Crippen LogP contribution in [0.5, 0.6) is 0 Å². The lowest BCUT2D eigenvalue weighted by Gasteiger charge is -2.30. The van der Waals surface area contributed by atoms with E-state index in [9.17, 15) is 19.2 Å². The maximum absolute atomic E-state index is 13.3. The van der Waals surface area contributed by atoms with Crippen LogP contribution in [0.25, 0.3) is 44.9 Å². The van der Waals surface area contributed by atoms with Gasteiger partial charge >= 0.3 is 0 Å². The van der Waals surface area contributed by atoms with Crippen LogP contribution in [-0.4, -0.2) is 70.8 Å². The summed E-state index contributed by atoms with van der Waals surface area (Å²) in [6.45, 7) is 0. The zero-order valence-corrected chi connectivity index (χ0v) is 29.5. The largest absolute Gasteiger partial charge is 0.324 e. The SMILES string of the molecule is O=C1SC2C=CC1C1=C2c2nc1nc1nc(nc3[nH]c(nc4[nH]c(n2)c2c4C4C=C[C@H]2C(=O)S4)c2c3C3C=CC2C(=O)S3)C2=C1C1C=CC2C(=O)S1. The molecular weight excluding hydrogens is 737 g/mol. The smallest absolute Gasteiger partial charge is 0.201 e. The number of aromatic nitrogens is 8. The summed E-state index contributed by atoms with van der Waals surface area (Å²) in [5.74, 6) is -0.563. The van der Waals surface area contributed by atoms with Gasteiger partial charge in [0.25, 0.3) is 0 Å². The Morgan fingerprint density at radius 3 is 1.21 bits per heavy atom. The van der Waals surface area contributed by atoms with Crippen molar-refractivity contribution >= 4 is 112 Å². The van der Waals surface area contributed by atoms with E-state index in [2.05, 4.69) is 9.97 Å². The number of nitrogens with one attached hydrogen (secondary N) is 2. The number of nitrogens with zero attached hydrogens (tertiary/aromatic N) is 6. The molecule has 0 radical (unpaired) electrons. The molecule has 0 saturated heterocycles. The van der Waals surface area contributed by atoms with Gasteiger partial charge in [-0.3, -0.25) is 19.2 Å². The van der Waals surface area contributed by atoms with Crippen molar-refractivity contribution in [1.82, 2.24) is 39.9 Å². The van der Waals surface area contributed by atoms with Crippen LogP contribution in [0.2, 0.25) is 0 Å². The lowest BCUT2D eigenvalue weighted by Crippen LogP contribution is -2.27. The highest BCUT2D eigenvalue weighted by Crippen LogP contribution is 2.56. The van der Waals surface area contributed by atoms with Crippen LogP contribution < -0.4 is 0 Å². The van der Waals surface area contributed by atoms with Gasteiger partial charge in [-0.05, 0) is 0 Å². The molecule has 0 saturated carbocycles. The Morgan fingerprint density at radius 2 is 0.712 bits per heavy atom. The Labute approximate surface area is 308 Å². The highest BCUT2D eigenvalue weighted by molar-refractivity contribution is 8.15. The minimum absolute atomic E-state index is 0.0211. The standard InChI is InChI=1S/C36H18N8O4S4/c45-33-9-1-5-13(49-33)21-17(9)25-37-29(21)42-26-19-11-3-7-15(51-35(11)47)23(19)31(39-26)44-28-20-12-4-8-16(52-36(12)48)24(20)32(40-28)43-27-18-10-2-6-14(50-34(10)46)22(18)30(38-27)41-25/h1-16H,(H2,37,38,39,40,41,42,43,44)/t9-,10?,11?,12?,13?,14?,15?,16?/m1/s1. The molecule has 16 bridgehead atoms. The van der Waals surface area contributed by atoms with Gasteiger partial charge in [0.2, 0.25) is 20.5 Å². The topological polar surface area (TPSA) is 177 Å². The van der Waals surface area contributed by atoms with E-state index >= 15 is 0 Å². The molecule has 0 spiro atoms. The second-order valence-corrected chi connectivity index (χ2v) is 18.4. The monoisotopic (exact) mass is 754 g/mol. The van der Waals surface area contributed by atoms with E-state index in [-0.39, 0.29) is 41.5 Å². The third-order valence-corrected chi connectivity index (χ3v) is 15.7. The molecule has 10 aliphatic heterocycles. The number of carbonyl (C=O) groups is 4. The Morgan fingerprint density at radius 1 is 0.365 bits per heavy atom. The molecule has 250 valence electrons. The molecule has 3 aromatic heterocycles. The number of H-pyrrole nitrogens is 2. The lowest BCUT2D eigenvalue weighted by molar-refractivity contribution is -0.112. The summed E-state index contributed by atoms with van der Waals surface area (Å²) in [4.78, 5) is 90.8. The summed E-state index contributed by atoms with van der Waals surface area (Å²) in [5.41, 5.74) is 8.32. The molecule has 4 aliphatic carbocycles. The molecule has 3 aromatic rings. The van der Waals surface area contributed by atoms with Crippen molar-refractivity contribution in [2.45, 2.75) is 32.8 Å². The first kappa shape index (κ1) is 28.9. The zero-order chi connectivity index (χ0) is 34.3. The van der Waals surface area contributed by atoms with Crippen molar-refractivity contribution in [3.05, 3.63) is 94.2 Å². The number of carbonyl (C=O) groups excluding carboxylic acids is 4. The second-order valence-electron chi connectivity index (χ2n) is 13.8. The lowest BCUT2D eigenvalue weighted by atomic mass is 9.87. The van der Waals surface area contributed by atoms with Crippen LogP contribution in [0.1, 0.15) is 67.9 Å². The van der Waals surface area contributed by atoms with Gasteiger partial charge in [-0.1, -0.05) is 95.7 Å². The summed E-state index contributed by atoms with van der Waals surface area (Å²) in [6.07, 6.45) is 15.8. The fraction of sp³-hybridized carbons (Fsp3) is 0.222. The quantitative estimate of drug-likeness (QED) is 0.282. The van der Waals surface area contributed by atoms with Gasteiger partial charge in [0.05, 0.1) is 44.7 Å². The molecule has 0 amide bonds. The van der Waals surface area contributed by atoms with E-state index in [1.807, 2.05) is 48.6 Å². The third kappa shape index (κ3) is 3.51. The number of hydrogen-bond donors (Lipinski definition) is 2. The molecule has 13 heterocycles. The minimum Gasteiger partial charge on any atom is -0.324 e. The van der Waals surface area contributed by atoms with Crippen molar-refractivity contribution in [3.8, 4) is 0 Å². The summed E-state index contributed by atoms with van der Waals surface area (Å²) in [7, 11) is 0. The van der Waals surface area contributed by atoms with Gasteiger partial charge in [0.1, 0.15) is 22.6 Å². The molecule has 7 unspecified atom stereocenters. The highest BCUT2D eigenvalue weighted by atomic mass is 32.2. The first-order chi connectivity index (χ1) is 25.4. The molecule has 17 rings (SSSR count). The van der Waals surface area contributed by atoms with Crippen molar-refractivity contribution < 1.29 is 19.2 Å². The minimum atomic E-state index is -0.545. The average Bonchev–Trinajstić information content (AvgIpc) is 3.90. The molecule has 52 heavy (non-hydrogen) atoms. The van der Waals surface area contributed by atoms with Crippen molar-refractivity contribution in [1.29, 1.82) is 0 Å². The number of fused-ring (bicyclic) bond motifs is 12. The molecular formula is C36H18N8O4S4. The van der Waals surface area contributed by atoms with Gasteiger partial charge < -0.3 is 9.97 Å². The van der Waals surface area contributed by atoms with Crippen molar-refractivity contribution in [3.63, 3.8) is 0 Å². The number of thioether (sulfide) groups is 4. The summed E-state index contributed by atoms with van der Waals surface area (Å²) in [5, 5.41) is -1.02. The van der Waals surface area contributed by atoms with Crippen LogP contribution in [0, 0.1) is 11.8 Å². The van der Waals surface area contributed by atoms with E-state index in [1.54, 1.807) is 0 Å². The van der Waals surface area contributed by atoms with Gasteiger partial charge in [-0.25, -0.2) is 29.9 Å². The van der Waals surface area contributed by atoms with Crippen LogP contribution in [0.15, 0.2) is 48.6 Å². The van der Waals surface area contributed by atoms with Crippen LogP contribution in [0.4, 0.5) is 0 Å². The maximum atomic E-state index is 13.3. The fourth-order valence-electron chi connectivity index (χ4n) is 9.01. The molecule has 0 fully saturated rings. The van der Waals surface area contributed by atoms with Gasteiger partial charge in [-0.15, -0.1) is 0 Å². The molecule has 2 N–H and O–H groups in total. The summed E-state index contributed by atoms with van der Waals surface area (Å²) < 4.78 is 0. The van der Waals surface area contributed by atoms with Crippen LogP contribution >= 0.6 is 47.0 Å². The van der Waals surface area contributed by atoms with E-state index in [1.165, 1.54) is 47.0 Å². The van der Waals surface area contributed by atoms with Gasteiger partial charge in [0, 0.05) is 44.5 Å². The molecule has 12 nitrogen and oxygen atoms in total. The van der Waals surface area contributed by atoms with E-state index < -0.39 is 23.7 Å². The summed E-state index contributed by atoms with van der Waals surface area (Å²) >= 11 is 5.03. The average molecular weight is 755 g/mol. The van der Waals surface area contributed by atoms with Crippen molar-refractivity contribution in [2.75, 3.05) is 0 Å². The third-order valence-electron chi connectivity index (χ3n) is 11.2. The Hall–Kier alpha value is -4.64. The second kappa shape index (κ2) is 9.66. The predicted octanol–water partition coefficient (Wildman–Crippen LogP) is 5.31. The van der Waals surface area contributed by atoms with E-state index in [4.69, 9.17) is 29.9 Å². The molecule has 16 heteroatoms. The number of allylic oxidation sites excluding steroid dienone is 6.